The van der Waals surface area contributed by atoms with Gasteiger partial charge in [-0.2, -0.15) is 17.9 Å². The number of hydrogen-bond acceptors (Lipinski definition) is 9. The van der Waals surface area contributed by atoms with Crippen LogP contribution in [-0.2, 0) is 30.8 Å². The lowest BCUT2D eigenvalue weighted by molar-refractivity contribution is -0.192. The van der Waals surface area contributed by atoms with Crippen molar-refractivity contribution in [2.45, 2.75) is 43.3 Å². The van der Waals surface area contributed by atoms with Crippen molar-refractivity contribution >= 4 is 56.4 Å². The highest BCUT2D eigenvalue weighted by atomic mass is 35.5. The highest BCUT2D eigenvalue weighted by Crippen LogP contribution is 2.32. The molecule has 0 saturated carbocycles. The molecule has 2 saturated heterocycles. The van der Waals surface area contributed by atoms with Crippen LogP contribution >= 0.6 is 22.9 Å². The molecule has 0 bridgehead atoms. The quantitative estimate of drug-likeness (QED) is 0.357. The van der Waals surface area contributed by atoms with Gasteiger partial charge in [-0.15, -0.1) is 11.3 Å². The summed E-state index contributed by atoms with van der Waals surface area (Å²) < 4.78 is 67.9. The van der Waals surface area contributed by atoms with E-state index in [4.69, 9.17) is 26.0 Å². The number of anilines is 1. The van der Waals surface area contributed by atoms with Crippen LogP contribution in [0.2, 0.25) is 4.34 Å². The largest absolute Gasteiger partial charge is 0.490 e. The number of carbonyl (C=O) groups is 3. The van der Waals surface area contributed by atoms with Gasteiger partial charge in [-0.05, 0) is 50.2 Å². The van der Waals surface area contributed by atoms with Crippen LogP contribution in [0.4, 0.5) is 18.9 Å². The Balaban J connectivity index is 0.000000617. The summed E-state index contributed by atoms with van der Waals surface area (Å²) in [6.07, 6.45) is -3.91. The maximum Gasteiger partial charge on any atom is 0.490 e. The number of piperazine rings is 1. The standard InChI is InChI=1S/C26H30ClN5O5S2.C2HF3O2/c1-17-20(32-10-4-7-25(32)33)5-3-6-23(17)39(35,36)29-19(26(34)31-13-11-30(2)12-14-31)15-18-16-21(37-28-18)22-8-9-24(27)38-22;3-2(4,5)1(6)7/h3,5-6,8-9,16,19,29H,4,7,10-15H2,1-2H3;(H,6,7). The van der Waals surface area contributed by atoms with Gasteiger partial charge in [0, 0.05) is 57.3 Å². The molecule has 2 fully saturated rings. The van der Waals surface area contributed by atoms with Gasteiger partial charge in [0.05, 0.1) is 19.8 Å². The number of halogens is 4. The molecule has 0 radical (unpaired) electrons. The number of carboxylic acids is 1. The number of carbonyl (C=O) groups excluding carboxylic acids is 2. The fourth-order valence-corrected chi connectivity index (χ4v) is 7.39. The third-order valence-corrected chi connectivity index (χ3v) is 10.2. The monoisotopic (exact) mass is 705 g/mol. The van der Waals surface area contributed by atoms with Crippen LogP contribution in [0.15, 0.2) is 45.8 Å². The first kappa shape index (κ1) is 35.3. The maximum atomic E-state index is 13.7. The number of likely N-dealkylation sites (N-methyl/N-ethyl adjacent to an activating group) is 1. The first-order valence-corrected chi connectivity index (χ1v) is 16.7. The van der Waals surface area contributed by atoms with E-state index in [1.165, 1.54) is 17.4 Å². The Kier molecular flexibility index (Phi) is 11.1. The number of nitrogens with one attached hydrogen (secondary N) is 1. The number of alkyl halides is 3. The Hall–Kier alpha value is -3.51. The van der Waals surface area contributed by atoms with Crippen molar-refractivity contribution in [3.8, 4) is 10.6 Å². The number of nitrogens with zero attached hydrogens (tertiary/aromatic N) is 4. The van der Waals surface area contributed by atoms with Gasteiger partial charge in [0.2, 0.25) is 21.8 Å². The zero-order valence-electron chi connectivity index (χ0n) is 24.7. The third-order valence-electron chi connectivity index (χ3n) is 7.35. The van der Waals surface area contributed by atoms with Crippen LogP contribution in [0.1, 0.15) is 24.1 Å². The minimum atomic E-state index is -5.08. The van der Waals surface area contributed by atoms with E-state index in [1.807, 2.05) is 13.1 Å². The van der Waals surface area contributed by atoms with Crippen molar-refractivity contribution in [1.82, 2.24) is 19.7 Å². The second-order valence-electron chi connectivity index (χ2n) is 10.6. The summed E-state index contributed by atoms with van der Waals surface area (Å²) >= 11 is 7.38. The third kappa shape index (κ3) is 8.64. The maximum absolute atomic E-state index is 13.7. The number of benzene rings is 1. The van der Waals surface area contributed by atoms with Gasteiger partial charge >= 0.3 is 12.1 Å². The number of carboxylic acid groups (broad SMARTS) is 1. The number of thiophene rings is 1. The molecular weight excluding hydrogens is 675 g/mol. The molecule has 0 aliphatic carbocycles. The summed E-state index contributed by atoms with van der Waals surface area (Å²) in [7, 11) is -2.15. The number of aliphatic carboxylic acids is 1. The molecule has 12 nitrogen and oxygen atoms in total. The van der Waals surface area contributed by atoms with E-state index in [1.54, 1.807) is 41.0 Å². The molecular formula is C28H31ClF3N5O7S2. The van der Waals surface area contributed by atoms with E-state index in [-0.39, 0.29) is 23.1 Å². The fourth-order valence-electron chi connectivity index (χ4n) is 4.95. The Morgan fingerprint density at radius 2 is 1.83 bits per heavy atom. The molecule has 1 aromatic carbocycles. The predicted octanol–water partition coefficient (Wildman–Crippen LogP) is 3.79. The Morgan fingerprint density at radius 3 is 2.39 bits per heavy atom. The van der Waals surface area contributed by atoms with Crippen molar-refractivity contribution in [3.63, 3.8) is 0 Å². The molecule has 5 rings (SSSR count). The molecule has 2 N–H and O–H groups in total. The first-order valence-electron chi connectivity index (χ1n) is 14.0. The second kappa shape index (κ2) is 14.5. The van der Waals surface area contributed by atoms with Crippen molar-refractivity contribution < 1.29 is 45.6 Å². The normalized spacial score (nSPS) is 16.7. The first-order chi connectivity index (χ1) is 21.6. The summed E-state index contributed by atoms with van der Waals surface area (Å²) in [4.78, 5) is 41.1. The molecule has 46 heavy (non-hydrogen) atoms. The zero-order valence-corrected chi connectivity index (χ0v) is 27.1. The van der Waals surface area contributed by atoms with Gasteiger partial charge in [0.1, 0.15) is 6.04 Å². The summed E-state index contributed by atoms with van der Waals surface area (Å²) in [6.45, 7) is 4.62. The van der Waals surface area contributed by atoms with E-state index in [0.717, 1.165) is 11.3 Å². The molecule has 1 unspecified atom stereocenters. The molecule has 18 heteroatoms. The lowest BCUT2D eigenvalue weighted by Crippen LogP contribution is -2.55. The predicted molar refractivity (Wildman–Crippen MR) is 163 cm³/mol. The molecule has 1 atom stereocenters. The second-order valence-corrected chi connectivity index (χ2v) is 14.0. The molecule has 2 amide bonds. The molecule has 3 aromatic rings. The Bertz CT molecular complexity index is 1690. The summed E-state index contributed by atoms with van der Waals surface area (Å²) in [5.41, 5.74) is 1.47. The average Bonchev–Trinajstić information content (AvgIpc) is 3.74. The summed E-state index contributed by atoms with van der Waals surface area (Å²) in [5.74, 6) is -2.61. The highest BCUT2D eigenvalue weighted by Gasteiger charge is 2.38. The van der Waals surface area contributed by atoms with Crippen LogP contribution in [-0.4, -0.2) is 98.3 Å². The zero-order chi connectivity index (χ0) is 33.8. The van der Waals surface area contributed by atoms with Crippen LogP contribution < -0.4 is 9.62 Å². The van der Waals surface area contributed by atoms with Crippen LogP contribution in [0.25, 0.3) is 10.6 Å². The molecule has 250 valence electrons. The lowest BCUT2D eigenvalue weighted by atomic mass is 10.1. The highest BCUT2D eigenvalue weighted by molar-refractivity contribution is 7.89. The van der Waals surface area contributed by atoms with E-state index in [2.05, 4.69) is 14.8 Å². The summed E-state index contributed by atoms with van der Waals surface area (Å²) in [5, 5.41) is 11.2. The van der Waals surface area contributed by atoms with Gasteiger partial charge in [-0.3, -0.25) is 9.59 Å². The topological polar surface area (TPSA) is 153 Å². The fraction of sp³-hybridized carbons (Fsp3) is 0.429. The molecule has 4 heterocycles. The van der Waals surface area contributed by atoms with Crippen molar-refractivity contribution in [1.29, 1.82) is 0 Å². The van der Waals surface area contributed by atoms with Crippen molar-refractivity contribution in [3.05, 3.63) is 52.0 Å². The van der Waals surface area contributed by atoms with E-state index >= 15 is 0 Å². The SMILES string of the molecule is Cc1c(N2CCCC2=O)cccc1S(=O)(=O)NC(Cc1cc(-c2ccc(Cl)s2)on1)C(=O)N1CCN(C)CC1.O=C(O)C(F)(F)F. The van der Waals surface area contributed by atoms with Gasteiger partial charge < -0.3 is 24.3 Å². The molecule has 2 aliphatic rings. The average molecular weight is 706 g/mol. The number of sulfonamides is 1. The number of amides is 2. The van der Waals surface area contributed by atoms with Crippen molar-refractivity contribution in [2.24, 2.45) is 0 Å². The van der Waals surface area contributed by atoms with E-state index < -0.39 is 28.2 Å². The molecule has 2 aromatic heterocycles. The molecule has 2 aliphatic heterocycles. The minimum Gasteiger partial charge on any atom is -0.475 e. The van der Waals surface area contributed by atoms with Gasteiger partial charge in [-0.1, -0.05) is 22.8 Å². The molecule has 0 spiro atoms. The number of rotatable bonds is 8. The van der Waals surface area contributed by atoms with Crippen LogP contribution in [0.3, 0.4) is 0 Å². The smallest absolute Gasteiger partial charge is 0.475 e. The van der Waals surface area contributed by atoms with Crippen LogP contribution in [0, 0.1) is 6.92 Å². The van der Waals surface area contributed by atoms with Crippen molar-refractivity contribution in [2.75, 3.05) is 44.7 Å². The van der Waals surface area contributed by atoms with Gasteiger partial charge in [0.15, 0.2) is 5.76 Å². The Morgan fingerprint density at radius 1 is 1.15 bits per heavy atom. The van der Waals surface area contributed by atoms with Gasteiger partial charge in [0.25, 0.3) is 0 Å². The van der Waals surface area contributed by atoms with Gasteiger partial charge in [-0.25, -0.2) is 13.2 Å². The Labute approximate surface area is 271 Å². The van der Waals surface area contributed by atoms with Crippen LogP contribution in [0.5, 0.6) is 0 Å². The summed E-state index contributed by atoms with van der Waals surface area (Å²) in [6, 6.07) is 9.03. The van der Waals surface area contributed by atoms with E-state index in [0.29, 0.717) is 66.2 Å². The minimum absolute atomic E-state index is 0.0103. The lowest BCUT2D eigenvalue weighted by Gasteiger charge is -2.34. The number of hydrogen-bond donors (Lipinski definition) is 2. The number of aromatic nitrogens is 1. The van der Waals surface area contributed by atoms with E-state index in [9.17, 15) is 31.2 Å².